The Kier molecular flexibility index (Phi) is 9.76. The monoisotopic (exact) mass is 576 g/mol. The number of rotatable bonds is 12. The van der Waals surface area contributed by atoms with E-state index in [0.29, 0.717) is 5.56 Å². The average molecular weight is 577 g/mol. The highest BCUT2D eigenvalue weighted by atomic mass is 31.1. The van der Waals surface area contributed by atoms with E-state index in [1.165, 1.54) is 29.9 Å². The van der Waals surface area contributed by atoms with Gasteiger partial charge in [0.25, 0.3) is 0 Å². The number of allylic oxidation sites excluding steroid dienone is 4. The van der Waals surface area contributed by atoms with Gasteiger partial charge in [-0.3, -0.25) is 14.5 Å². The molecule has 0 saturated carbocycles. The van der Waals surface area contributed by atoms with Crippen LogP contribution in [-0.2, 0) is 29.2 Å². The Balaban J connectivity index is 1.27. The van der Waals surface area contributed by atoms with Crippen LogP contribution in [0.4, 0.5) is 4.39 Å². The summed E-state index contributed by atoms with van der Waals surface area (Å²) in [7, 11) is 0.742. The number of halogens is 1. The van der Waals surface area contributed by atoms with Crippen LogP contribution in [0.25, 0.3) is 11.0 Å². The SMILES string of the molecule is CPc1ccc2nc(CN3CCC(C(=CC=CC=O)NCc4cccc(C(C)=O)c4F)CC3)n(CC3CCO3)c2c1. The number of hydrogen-bond donors (Lipinski definition) is 1. The average Bonchev–Trinajstić information content (AvgIpc) is 3.29. The minimum atomic E-state index is -0.480. The number of benzene rings is 2. The molecule has 7 nitrogen and oxygen atoms in total. The number of imidazole rings is 1. The summed E-state index contributed by atoms with van der Waals surface area (Å²) in [4.78, 5) is 30.1. The van der Waals surface area contributed by atoms with E-state index in [2.05, 4.69) is 39.6 Å². The van der Waals surface area contributed by atoms with Crippen LogP contribution >= 0.6 is 8.58 Å². The molecule has 2 saturated heterocycles. The number of carbonyl (C=O) groups is 2. The molecule has 0 amide bonds. The van der Waals surface area contributed by atoms with E-state index < -0.39 is 5.82 Å². The van der Waals surface area contributed by atoms with Gasteiger partial charge in [0.05, 0.1) is 35.8 Å². The standard InChI is InChI=1S/C32H38FN4O3P/c1-22(39)27-7-5-6-24(32(27)33)19-34-28(8-3-4-16-38)23-11-14-36(15-12-23)21-31-35-29-10-9-26(41-2)18-30(29)37(31)20-25-13-17-40-25/h3-10,16,18,23,25,34,41H,11-15,17,19-21H2,1-2H3. The number of hydrogen-bond acceptors (Lipinski definition) is 6. The molecule has 2 atom stereocenters. The van der Waals surface area contributed by atoms with Gasteiger partial charge in [0, 0.05) is 30.3 Å². The number of ether oxygens (including phenoxy) is 1. The van der Waals surface area contributed by atoms with Crippen molar-refractivity contribution in [2.24, 2.45) is 5.92 Å². The third kappa shape index (κ3) is 7.00. The van der Waals surface area contributed by atoms with Crippen LogP contribution in [-0.4, -0.2) is 59.0 Å². The highest BCUT2D eigenvalue weighted by Crippen LogP contribution is 2.27. The first-order valence-electron chi connectivity index (χ1n) is 14.3. The Bertz CT molecular complexity index is 1450. The van der Waals surface area contributed by atoms with Crippen LogP contribution in [0.1, 0.15) is 47.9 Å². The zero-order chi connectivity index (χ0) is 28.8. The lowest BCUT2D eigenvalue weighted by Gasteiger charge is -2.34. The largest absolute Gasteiger partial charge is 0.384 e. The third-order valence-electron chi connectivity index (χ3n) is 8.09. The van der Waals surface area contributed by atoms with Crippen LogP contribution < -0.4 is 10.6 Å². The summed E-state index contributed by atoms with van der Waals surface area (Å²) in [6.45, 7) is 8.09. The molecule has 0 bridgehead atoms. The molecule has 9 heteroatoms. The Hall–Kier alpha value is -3.19. The van der Waals surface area contributed by atoms with Crippen LogP contribution in [0.2, 0.25) is 0 Å². The van der Waals surface area contributed by atoms with Gasteiger partial charge in [-0.25, -0.2) is 9.37 Å². The molecule has 3 aromatic rings. The number of carbonyl (C=O) groups excluding carboxylic acids is 2. The number of likely N-dealkylation sites (tertiary alicyclic amines) is 1. The minimum Gasteiger partial charge on any atom is -0.384 e. The van der Waals surface area contributed by atoms with Crippen molar-refractivity contribution in [2.75, 3.05) is 26.4 Å². The lowest BCUT2D eigenvalue weighted by Crippen LogP contribution is -2.37. The number of nitrogens with one attached hydrogen (secondary N) is 1. The Labute approximate surface area is 242 Å². The topological polar surface area (TPSA) is 76.5 Å². The summed E-state index contributed by atoms with van der Waals surface area (Å²) in [5.41, 5.74) is 3.74. The predicted molar refractivity (Wildman–Crippen MR) is 162 cm³/mol. The Morgan fingerprint density at radius 3 is 2.68 bits per heavy atom. The summed E-state index contributed by atoms with van der Waals surface area (Å²) in [6, 6.07) is 11.5. The van der Waals surface area contributed by atoms with Gasteiger partial charge in [-0.1, -0.05) is 32.9 Å². The third-order valence-corrected chi connectivity index (χ3v) is 8.98. The maximum absolute atomic E-state index is 14.9. The van der Waals surface area contributed by atoms with Crippen LogP contribution in [0.5, 0.6) is 0 Å². The van der Waals surface area contributed by atoms with E-state index in [1.807, 2.05) is 6.08 Å². The van der Waals surface area contributed by atoms with Gasteiger partial charge < -0.3 is 14.6 Å². The molecule has 2 aliphatic rings. The first kappa shape index (κ1) is 29.3. The normalized spacial score (nSPS) is 18.9. The number of ketones is 1. The molecule has 0 aliphatic carbocycles. The van der Waals surface area contributed by atoms with Gasteiger partial charge >= 0.3 is 0 Å². The molecule has 2 unspecified atom stereocenters. The second-order valence-corrected chi connectivity index (χ2v) is 11.8. The molecule has 2 aromatic carbocycles. The molecule has 3 heterocycles. The van der Waals surface area contributed by atoms with Crippen molar-refractivity contribution >= 4 is 37.0 Å². The van der Waals surface area contributed by atoms with Crippen molar-refractivity contribution in [3.05, 3.63) is 83.1 Å². The summed E-state index contributed by atoms with van der Waals surface area (Å²) >= 11 is 0. The van der Waals surface area contributed by atoms with E-state index >= 15 is 0 Å². The number of nitrogens with zero attached hydrogens (tertiary/aromatic N) is 3. The molecule has 216 valence electrons. The molecule has 0 radical (unpaired) electrons. The lowest BCUT2D eigenvalue weighted by atomic mass is 9.92. The summed E-state index contributed by atoms with van der Waals surface area (Å²) in [5.74, 6) is 0.555. The number of aldehydes is 1. The van der Waals surface area contributed by atoms with Gasteiger partial charge in [0.15, 0.2) is 5.78 Å². The number of fused-ring (bicyclic) bond motifs is 1. The smallest absolute Gasteiger partial charge is 0.162 e. The minimum absolute atomic E-state index is 0.102. The summed E-state index contributed by atoms with van der Waals surface area (Å²) in [6.07, 6.45) is 9.03. The van der Waals surface area contributed by atoms with Gasteiger partial charge in [0.2, 0.25) is 0 Å². The van der Waals surface area contributed by atoms with Gasteiger partial charge in [-0.05, 0) is 81.6 Å². The quantitative estimate of drug-likeness (QED) is 0.110. The molecule has 2 aliphatic heterocycles. The van der Waals surface area contributed by atoms with Crippen LogP contribution in [0.15, 0.2) is 60.3 Å². The first-order chi connectivity index (χ1) is 20.0. The number of aromatic nitrogens is 2. The van der Waals surface area contributed by atoms with E-state index in [1.54, 1.807) is 18.2 Å². The fourth-order valence-electron chi connectivity index (χ4n) is 5.62. The van der Waals surface area contributed by atoms with Crippen molar-refractivity contribution in [3.63, 3.8) is 0 Å². The molecular weight excluding hydrogens is 538 g/mol. The molecule has 5 rings (SSSR count). The van der Waals surface area contributed by atoms with Crippen LogP contribution in [0, 0.1) is 11.7 Å². The highest BCUT2D eigenvalue weighted by molar-refractivity contribution is 7.46. The van der Waals surface area contributed by atoms with Crippen molar-refractivity contribution in [1.29, 1.82) is 0 Å². The van der Waals surface area contributed by atoms with E-state index in [9.17, 15) is 14.0 Å². The molecular formula is C32H38FN4O3P. The maximum atomic E-state index is 14.9. The van der Waals surface area contributed by atoms with Crippen molar-refractivity contribution in [2.45, 2.75) is 51.9 Å². The van der Waals surface area contributed by atoms with Crippen molar-refractivity contribution < 1.29 is 18.7 Å². The molecule has 41 heavy (non-hydrogen) atoms. The zero-order valence-corrected chi connectivity index (χ0v) is 24.7. The summed E-state index contributed by atoms with van der Waals surface area (Å²) < 4.78 is 23.0. The summed E-state index contributed by atoms with van der Waals surface area (Å²) in [5, 5.41) is 4.74. The molecule has 2 fully saturated rings. The second kappa shape index (κ2) is 13.6. The van der Waals surface area contributed by atoms with Gasteiger partial charge in [-0.15, -0.1) is 0 Å². The van der Waals surface area contributed by atoms with Gasteiger partial charge in [-0.2, -0.15) is 0 Å². The predicted octanol–water partition coefficient (Wildman–Crippen LogP) is 4.74. The Morgan fingerprint density at radius 1 is 1.20 bits per heavy atom. The lowest BCUT2D eigenvalue weighted by molar-refractivity contribution is -0.104. The van der Waals surface area contributed by atoms with E-state index in [-0.39, 0.29) is 29.9 Å². The number of piperidine rings is 1. The molecule has 1 N–H and O–H groups in total. The van der Waals surface area contributed by atoms with E-state index in [0.717, 1.165) is 84.0 Å². The fraction of sp³-hybridized carbons (Fsp3) is 0.406. The van der Waals surface area contributed by atoms with Gasteiger partial charge in [0.1, 0.15) is 17.9 Å². The molecule has 0 spiro atoms. The highest BCUT2D eigenvalue weighted by Gasteiger charge is 2.26. The van der Waals surface area contributed by atoms with Crippen molar-refractivity contribution in [3.8, 4) is 0 Å². The van der Waals surface area contributed by atoms with Crippen LogP contribution in [0.3, 0.4) is 0 Å². The fourth-order valence-corrected chi connectivity index (χ4v) is 6.15. The number of Topliss-reactive ketones (excluding diaryl/α,β-unsaturated/α-hetero) is 1. The maximum Gasteiger partial charge on any atom is 0.162 e. The van der Waals surface area contributed by atoms with Crippen molar-refractivity contribution in [1.82, 2.24) is 19.8 Å². The second-order valence-electron chi connectivity index (χ2n) is 10.8. The molecule has 1 aromatic heterocycles. The zero-order valence-electron chi connectivity index (χ0n) is 23.7. The van der Waals surface area contributed by atoms with E-state index in [4.69, 9.17) is 9.72 Å². The first-order valence-corrected chi connectivity index (χ1v) is 15.8. The Morgan fingerprint density at radius 2 is 2.00 bits per heavy atom.